The minimum atomic E-state index is 0.396. The summed E-state index contributed by atoms with van der Waals surface area (Å²) >= 11 is 0. The molecule has 0 bridgehead atoms. The summed E-state index contributed by atoms with van der Waals surface area (Å²) in [6.07, 6.45) is 6.85. The molecular weight excluding hydrogens is 234 g/mol. The van der Waals surface area contributed by atoms with Crippen molar-refractivity contribution in [3.8, 4) is 5.75 Å². The smallest absolute Gasteiger partial charge is 0.119 e. The van der Waals surface area contributed by atoms with E-state index in [0.717, 1.165) is 11.7 Å². The molecule has 19 heavy (non-hydrogen) atoms. The van der Waals surface area contributed by atoms with Crippen LogP contribution in [0.2, 0.25) is 0 Å². The Bertz CT molecular complexity index is 373. The van der Waals surface area contributed by atoms with Gasteiger partial charge in [-0.1, -0.05) is 31.9 Å². The van der Waals surface area contributed by atoms with Crippen LogP contribution in [-0.4, -0.2) is 13.2 Å². The SMILES string of the molecule is CCC1CCCC(Oc2ccc(C(C)NC)cc2)C1. The van der Waals surface area contributed by atoms with E-state index in [4.69, 9.17) is 4.74 Å². The van der Waals surface area contributed by atoms with E-state index in [0.29, 0.717) is 12.1 Å². The molecule has 1 aromatic rings. The molecule has 2 rings (SSSR count). The predicted molar refractivity (Wildman–Crippen MR) is 80.6 cm³/mol. The van der Waals surface area contributed by atoms with Gasteiger partial charge in [0.1, 0.15) is 5.75 Å². The van der Waals surface area contributed by atoms with Crippen molar-refractivity contribution in [1.82, 2.24) is 5.32 Å². The van der Waals surface area contributed by atoms with Gasteiger partial charge in [0.25, 0.3) is 0 Å². The van der Waals surface area contributed by atoms with Gasteiger partial charge in [0.2, 0.25) is 0 Å². The molecule has 0 aromatic heterocycles. The third-order valence-corrected chi connectivity index (χ3v) is 4.43. The fourth-order valence-electron chi connectivity index (χ4n) is 2.91. The molecule has 3 atom stereocenters. The van der Waals surface area contributed by atoms with E-state index < -0.39 is 0 Å². The summed E-state index contributed by atoms with van der Waals surface area (Å²) in [4.78, 5) is 0. The van der Waals surface area contributed by atoms with Crippen LogP contribution in [0.25, 0.3) is 0 Å². The van der Waals surface area contributed by atoms with Crippen LogP contribution in [0.4, 0.5) is 0 Å². The first-order valence-electron chi connectivity index (χ1n) is 7.66. The average Bonchev–Trinajstić information content (AvgIpc) is 2.47. The fourth-order valence-corrected chi connectivity index (χ4v) is 2.91. The molecule has 1 saturated carbocycles. The third kappa shape index (κ3) is 3.97. The van der Waals surface area contributed by atoms with Crippen molar-refractivity contribution in [2.45, 2.75) is 58.1 Å². The van der Waals surface area contributed by atoms with Gasteiger partial charge >= 0.3 is 0 Å². The molecule has 0 amide bonds. The Hall–Kier alpha value is -1.02. The summed E-state index contributed by atoms with van der Waals surface area (Å²) in [5, 5.41) is 3.25. The van der Waals surface area contributed by atoms with Gasteiger partial charge < -0.3 is 10.1 Å². The average molecular weight is 261 g/mol. The lowest BCUT2D eigenvalue weighted by Crippen LogP contribution is -2.25. The van der Waals surface area contributed by atoms with E-state index in [-0.39, 0.29) is 0 Å². The van der Waals surface area contributed by atoms with Crippen molar-refractivity contribution < 1.29 is 4.74 Å². The lowest BCUT2D eigenvalue weighted by molar-refractivity contribution is 0.122. The maximum absolute atomic E-state index is 6.14. The van der Waals surface area contributed by atoms with Crippen LogP contribution in [0.15, 0.2) is 24.3 Å². The largest absolute Gasteiger partial charge is 0.490 e. The summed E-state index contributed by atoms with van der Waals surface area (Å²) in [5.41, 5.74) is 1.31. The second kappa shape index (κ2) is 6.95. The molecule has 1 aliphatic carbocycles. The zero-order valence-corrected chi connectivity index (χ0v) is 12.5. The second-order valence-electron chi connectivity index (χ2n) is 5.76. The number of rotatable bonds is 5. The molecule has 106 valence electrons. The van der Waals surface area contributed by atoms with Gasteiger partial charge in [0.15, 0.2) is 0 Å². The standard InChI is InChI=1S/C17H27NO/c1-4-14-6-5-7-17(12-14)19-16-10-8-15(9-11-16)13(2)18-3/h8-11,13-14,17-18H,4-7,12H2,1-3H3. The first kappa shape index (κ1) is 14.4. The van der Waals surface area contributed by atoms with E-state index in [1.54, 1.807) is 0 Å². The van der Waals surface area contributed by atoms with Crippen LogP contribution in [-0.2, 0) is 0 Å². The minimum absolute atomic E-state index is 0.396. The van der Waals surface area contributed by atoms with Crippen molar-refractivity contribution in [3.63, 3.8) is 0 Å². The summed E-state index contributed by atoms with van der Waals surface area (Å²) in [5.74, 6) is 1.89. The van der Waals surface area contributed by atoms with Gasteiger partial charge in [0.05, 0.1) is 6.10 Å². The Morgan fingerprint density at radius 3 is 2.63 bits per heavy atom. The molecule has 2 heteroatoms. The van der Waals surface area contributed by atoms with Crippen LogP contribution < -0.4 is 10.1 Å². The van der Waals surface area contributed by atoms with Gasteiger partial charge in [-0.3, -0.25) is 0 Å². The molecule has 0 heterocycles. The maximum Gasteiger partial charge on any atom is 0.119 e. The van der Waals surface area contributed by atoms with Gasteiger partial charge in [-0.15, -0.1) is 0 Å². The Balaban J connectivity index is 1.92. The highest BCUT2D eigenvalue weighted by atomic mass is 16.5. The molecule has 1 aliphatic rings. The molecule has 3 unspecified atom stereocenters. The van der Waals surface area contributed by atoms with Crippen molar-refractivity contribution in [3.05, 3.63) is 29.8 Å². The highest BCUT2D eigenvalue weighted by Gasteiger charge is 2.21. The quantitative estimate of drug-likeness (QED) is 0.852. The van der Waals surface area contributed by atoms with Crippen LogP contribution in [0.3, 0.4) is 0 Å². The molecule has 0 spiro atoms. The molecule has 0 radical (unpaired) electrons. The lowest BCUT2D eigenvalue weighted by Gasteiger charge is -2.29. The van der Waals surface area contributed by atoms with E-state index in [2.05, 4.69) is 43.4 Å². The molecule has 1 aromatic carbocycles. The van der Waals surface area contributed by atoms with Crippen LogP contribution in [0, 0.1) is 5.92 Å². The van der Waals surface area contributed by atoms with Crippen molar-refractivity contribution >= 4 is 0 Å². The number of hydrogen-bond acceptors (Lipinski definition) is 2. The van der Waals surface area contributed by atoms with Crippen LogP contribution in [0.5, 0.6) is 5.75 Å². The summed E-state index contributed by atoms with van der Waals surface area (Å²) < 4.78 is 6.14. The van der Waals surface area contributed by atoms with Crippen molar-refractivity contribution in [2.24, 2.45) is 5.92 Å². The first-order valence-corrected chi connectivity index (χ1v) is 7.66. The van der Waals surface area contributed by atoms with E-state index in [1.165, 1.54) is 37.7 Å². The Morgan fingerprint density at radius 1 is 1.26 bits per heavy atom. The molecule has 0 saturated heterocycles. The number of hydrogen-bond donors (Lipinski definition) is 1. The predicted octanol–water partition coefficient (Wildman–Crippen LogP) is 4.31. The Kier molecular flexibility index (Phi) is 5.26. The number of nitrogens with one attached hydrogen (secondary N) is 1. The number of benzene rings is 1. The maximum atomic E-state index is 6.14. The van der Waals surface area contributed by atoms with E-state index in [9.17, 15) is 0 Å². The van der Waals surface area contributed by atoms with Gasteiger partial charge in [-0.25, -0.2) is 0 Å². The summed E-state index contributed by atoms with van der Waals surface area (Å²) in [7, 11) is 1.99. The summed E-state index contributed by atoms with van der Waals surface area (Å²) in [6, 6.07) is 8.94. The van der Waals surface area contributed by atoms with E-state index in [1.807, 2.05) is 7.05 Å². The van der Waals surface area contributed by atoms with Gasteiger partial charge in [0, 0.05) is 6.04 Å². The molecule has 2 nitrogen and oxygen atoms in total. The summed E-state index contributed by atoms with van der Waals surface area (Å²) in [6.45, 7) is 4.46. The van der Waals surface area contributed by atoms with Gasteiger partial charge in [-0.05, 0) is 56.8 Å². The molecule has 0 aliphatic heterocycles. The van der Waals surface area contributed by atoms with Gasteiger partial charge in [-0.2, -0.15) is 0 Å². The highest BCUT2D eigenvalue weighted by molar-refractivity contribution is 5.29. The van der Waals surface area contributed by atoms with E-state index >= 15 is 0 Å². The molecule has 1 N–H and O–H groups in total. The van der Waals surface area contributed by atoms with Crippen molar-refractivity contribution in [1.29, 1.82) is 0 Å². The molecular formula is C17H27NO. The monoisotopic (exact) mass is 261 g/mol. The normalized spacial score (nSPS) is 25.0. The third-order valence-electron chi connectivity index (χ3n) is 4.43. The topological polar surface area (TPSA) is 21.3 Å². The highest BCUT2D eigenvalue weighted by Crippen LogP contribution is 2.29. The van der Waals surface area contributed by atoms with Crippen molar-refractivity contribution in [2.75, 3.05) is 7.05 Å². The molecule has 1 fully saturated rings. The van der Waals surface area contributed by atoms with Crippen LogP contribution >= 0.6 is 0 Å². The fraction of sp³-hybridized carbons (Fsp3) is 0.647. The first-order chi connectivity index (χ1) is 9.22. The zero-order chi connectivity index (χ0) is 13.7. The second-order valence-corrected chi connectivity index (χ2v) is 5.76. The Labute approximate surface area is 117 Å². The zero-order valence-electron chi connectivity index (χ0n) is 12.5. The van der Waals surface area contributed by atoms with Crippen LogP contribution in [0.1, 0.15) is 57.6 Å². The number of ether oxygens (including phenoxy) is 1. The minimum Gasteiger partial charge on any atom is -0.490 e. The Morgan fingerprint density at radius 2 is 2.00 bits per heavy atom. The lowest BCUT2D eigenvalue weighted by atomic mass is 9.85.